The van der Waals surface area contributed by atoms with Crippen molar-refractivity contribution in [2.45, 2.75) is 26.2 Å². The van der Waals surface area contributed by atoms with Gasteiger partial charge in [0.25, 0.3) is 0 Å². The van der Waals surface area contributed by atoms with Crippen molar-refractivity contribution < 1.29 is 0 Å². The molecule has 18 heavy (non-hydrogen) atoms. The van der Waals surface area contributed by atoms with Crippen LogP contribution in [0.1, 0.15) is 26.6 Å². The van der Waals surface area contributed by atoms with Crippen LogP contribution in [-0.4, -0.2) is 9.97 Å². The van der Waals surface area contributed by atoms with Crippen molar-refractivity contribution in [2.24, 2.45) is 0 Å². The fourth-order valence-electron chi connectivity index (χ4n) is 1.51. The third-order valence-corrected chi connectivity index (χ3v) is 2.52. The van der Waals surface area contributed by atoms with E-state index in [0.717, 1.165) is 11.5 Å². The summed E-state index contributed by atoms with van der Waals surface area (Å²) in [5.74, 6) is 1.43. The van der Waals surface area contributed by atoms with Crippen LogP contribution in [0.4, 0.5) is 17.2 Å². The average Bonchev–Trinajstić information content (AvgIpc) is 2.32. The van der Waals surface area contributed by atoms with Gasteiger partial charge in [0, 0.05) is 11.1 Å². The highest BCUT2D eigenvalue weighted by Gasteiger charge is 2.18. The topological polar surface area (TPSA) is 63.8 Å². The van der Waals surface area contributed by atoms with Crippen molar-refractivity contribution in [3.63, 3.8) is 0 Å². The summed E-state index contributed by atoms with van der Waals surface area (Å²) in [5, 5.41) is 3.21. The van der Waals surface area contributed by atoms with Crippen LogP contribution in [0.15, 0.2) is 36.5 Å². The maximum absolute atomic E-state index is 5.89. The molecule has 0 saturated carbocycles. The fourth-order valence-corrected chi connectivity index (χ4v) is 1.51. The number of nitrogens with one attached hydrogen (secondary N) is 1. The van der Waals surface area contributed by atoms with Gasteiger partial charge in [0.2, 0.25) is 0 Å². The van der Waals surface area contributed by atoms with Crippen LogP contribution >= 0.6 is 0 Å². The standard InChI is InChI=1S/C14H18N4/c1-14(2,3)13-16-9-11(15)12(18-13)17-10-7-5-4-6-8-10/h4-9H,15H2,1-3H3,(H,16,17,18). The zero-order valence-corrected chi connectivity index (χ0v) is 10.9. The van der Waals surface area contributed by atoms with E-state index in [1.807, 2.05) is 30.3 Å². The number of nitrogen functional groups attached to an aromatic ring is 1. The van der Waals surface area contributed by atoms with E-state index < -0.39 is 0 Å². The molecule has 3 N–H and O–H groups in total. The molecule has 0 spiro atoms. The number of nitrogens with zero attached hydrogens (tertiary/aromatic N) is 2. The molecule has 4 nitrogen and oxygen atoms in total. The SMILES string of the molecule is CC(C)(C)c1ncc(N)c(Nc2ccccc2)n1. The van der Waals surface area contributed by atoms with Crippen LogP contribution in [0.5, 0.6) is 0 Å². The molecule has 0 aliphatic rings. The van der Waals surface area contributed by atoms with Gasteiger partial charge in [-0.3, -0.25) is 0 Å². The van der Waals surface area contributed by atoms with Gasteiger partial charge in [-0.25, -0.2) is 9.97 Å². The van der Waals surface area contributed by atoms with E-state index in [1.165, 1.54) is 0 Å². The fraction of sp³-hybridized carbons (Fsp3) is 0.286. The maximum atomic E-state index is 5.89. The molecule has 1 heterocycles. The van der Waals surface area contributed by atoms with E-state index in [0.29, 0.717) is 11.5 Å². The van der Waals surface area contributed by atoms with E-state index in [-0.39, 0.29) is 5.41 Å². The normalized spacial score (nSPS) is 11.3. The second-order valence-electron chi connectivity index (χ2n) is 5.24. The number of hydrogen-bond acceptors (Lipinski definition) is 4. The van der Waals surface area contributed by atoms with E-state index in [9.17, 15) is 0 Å². The van der Waals surface area contributed by atoms with Crippen LogP contribution in [0.25, 0.3) is 0 Å². The van der Waals surface area contributed by atoms with Crippen molar-refractivity contribution in [2.75, 3.05) is 11.1 Å². The lowest BCUT2D eigenvalue weighted by Gasteiger charge is -2.18. The highest BCUT2D eigenvalue weighted by molar-refractivity contribution is 5.67. The van der Waals surface area contributed by atoms with E-state index in [4.69, 9.17) is 5.73 Å². The number of benzene rings is 1. The minimum atomic E-state index is -0.0964. The van der Waals surface area contributed by atoms with Crippen LogP contribution < -0.4 is 11.1 Å². The Labute approximate surface area is 107 Å². The van der Waals surface area contributed by atoms with E-state index in [1.54, 1.807) is 6.20 Å². The maximum Gasteiger partial charge on any atom is 0.157 e. The molecule has 94 valence electrons. The lowest BCUT2D eigenvalue weighted by molar-refractivity contribution is 0.546. The summed E-state index contributed by atoms with van der Waals surface area (Å²) in [4.78, 5) is 8.77. The minimum absolute atomic E-state index is 0.0964. The van der Waals surface area contributed by atoms with Gasteiger partial charge in [-0.1, -0.05) is 39.0 Å². The van der Waals surface area contributed by atoms with E-state index >= 15 is 0 Å². The third kappa shape index (κ3) is 2.77. The summed E-state index contributed by atoms with van der Waals surface area (Å²) < 4.78 is 0. The van der Waals surface area contributed by atoms with Crippen LogP contribution in [0, 0.1) is 0 Å². The van der Waals surface area contributed by atoms with Gasteiger partial charge in [-0.05, 0) is 12.1 Å². The molecular formula is C14H18N4. The van der Waals surface area contributed by atoms with Crippen molar-refractivity contribution in [1.82, 2.24) is 9.97 Å². The largest absolute Gasteiger partial charge is 0.394 e. The smallest absolute Gasteiger partial charge is 0.157 e. The summed E-state index contributed by atoms with van der Waals surface area (Å²) in [6.45, 7) is 6.22. The molecule has 0 radical (unpaired) electrons. The molecule has 2 rings (SSSR count). The third-order valence-electron chi connectivity index (χ3n) is 2.52. The Morgan fingerprint density at radius 3 is 2.39 bits per heavy atom. The molecule has 0 unspecified atom stereocenters. The summed E-state index contributed by atoms with van der Waals surface area (Å²) in [6.07, 6.45) is 1.65. The molecule has 0 atom stereocenters. The van der Waals surface area contributed by atoms with Crippen molar-refractivity contribution in [1.29, 1.82) is 0 Å². The Morgan fingerprint density at radius 1 is 1.11 bits per heavy atom. The first-order valence-electron chi connectivity index (χ1n) is 5.92. The molecule has 0 fully saturated rings. The average molecular weight is 242 g/mol. The first-order chi connectivity index (χ1) is 8.47. The van der Waals surface area contributed by atoms with Gasteiger partial charge < -0.3 is 11.1 Å². The molecule has 1 aromatic carbocycles. The molecule has 0 amide bonds. The number of para-hydroxylation sites is 1. The quantitative estimate of drug-likeness (QED) is 0.849. The van der Waals surface area contributed by atoms with Crippen molar-refractivity contribution >= 4 is 17.2 Å². The molecular weight excluding hydrogens is 224 g/mol. The summed E-state index contributed by atoms with van der Waals surface area (Å²) in [5.41, 5.74) is 7.31. The number of anilines is 3. The predicted octanol–water partition coefficient (Wildman–Crippen LogP) is 3.10. The highest BCUT2D eigenvalue weighted by Crippen LogP contribution is 2.24. The number of rotatable bonds is 2. The molecule has 0 aliphatic carbocycles. The monoisotopic (exact) mass is 242 g/mol. The number of aromatic nitrogens is 2. The first-order valence-corrected chi connectivity index (χ1v) is 5.92. The van der Waals surface area contributed by atoms with Gasteiger partial charge >= 0.3 is 0 Å². The Morgan fingerprint density at radius 2 is 1.78 bits per heavy atom. The highest BCUT2D eigenvalue weighted by atomic mass is 15.1. The molecule has 1 aromatic heterocycles. The zero-order valence-electron chi connectivity index (χ0n) is 10.9. The van der Waals surface area contributed by atoms with Gasteiger partial charge in [0.15, 0.2) is 5.82 Å². The Bertz CT molecular complexity index is 529. The van der Waals surface area contributed by atoms with Crippen LogP contribution in [0.3, 0.4) is 0 Å². The molecule has 0 bridgehead atoms. The van der Waals surface area contributed by atoms with Gasteiger partial charge in [-0.15, -0.1) is 0 Å². The molecule has 0 aliphatic heterocycles. The predicted molar refractivity (Wildman–Crippen MR) is 74.9 cm³/mol. The molecule has 4 heteroatoms. The Kier molecular flexibility index (Phi) is 3.19. The Hall–Kier alpha value is -2.10. The van der Waals surface area contributed by atoms with Gasteiger partial charge in [-0.2, -0.15) is 0 Å². The molecule has 2 aromatic rings. The number of hydrogen-bond donors (Lipinski definition) is 2. The lowest BCUT2D eigenvalue weighted by Crippen LogP contribution is -2.17. The van der Waals surface area contributed by atoms with Crippen LogP contribution in [0.2, 0.25) is 0 Å². The van der Waals surface area contributed by atoms with Crippen molar-refractivity contribution in [3.8, 4) is 0 Å². The second-order valence-corrected chi connectivity index (χ2v) is 5.24. The summed E-state index contributed by atoms with van der Waals surface area (Å²) >= 11 is 0. The summed E-state index contributed by atoms with van der Waals surface area (Å²) in [6, 6.07) is 9.83. The van der Waals surface area contributed by atoms with Crippen molar-refractivity contribution in [3.05, 3.63) is 42.4 Å². The first kappa shape index (κ1) is 12.4. The minimum Gasteiger partial charge on any atom is -0.394 e. The van der Waals surface area contributed by atoms with Gasteiger partial charge in [0.1, 0.15) is 5.82 Å². The van der Waals surface area contributed by atoms with E-state index in [2.05, 4.69) is 36.1 Å². The lowest BCUT2D eigenvalue weighted by atomic mass is 9.96. The van der Waals surface area contributed by atoms with Crippen LogP contribution in [-0.2, 0) is 5.41 Å². The summed E-state index contributed by atoms with van der Waals surface area (Å²) in [7, 11) is 0. The molecule has 0 saturated heterocycles. The Balaban J connectivity index is 2.33. The number of nitrogens with two attached hydrogens (primary N) is 1. The zero-order chi connectivity index (χ0) is 13.2. The second kappa shape index (κ2) is 4.64. The van der Waals surface area contributed by atoms with Gasteiger partial charge in [0.05, 0.1) is 11.9 Å².